The van der Waals surface area contributed by atoms with Crippen molar-refractivity contribution < 1.29 is 73.6 Å². The third kappa shape index (κ3) is 25.5. The molecule has 0 fully saturated rings. The molecule has 0 unspecified atom stereocenters. The minimum atomic E-state index is -1.66. The summed E-state index contributed by atoms with van der Waals surface area (Å²) in [6.07, 6.45) is 14.8. The van der Waals surface area contributed by atoms with Gasteiger partial charge in [-0.1, -0.05) is 110 Å². The molecular formula is C50H88N8O15. The van der Waals surface area contributed by atoms with Gasteiger partial charge in [0, 0.05) is 25.7 Å². The number of aliphatic carboxylic acids is 2. The number of esters is 2. The number of guanidine groups is 2. The van der Waals surface area contributed by atoms with Crippen LogP contribution in [0, 0.1) is 5.92 Å². The molecule has 2 rings (SSSR count). The van der Waals surface area contributed by atoms with Crippen molar-refractivity contribution in [3.05, 3.63) is 23.7 Å². The van der Waals surface area contributed by atoms with Crippen LogP contribution in [0.4, 0.5) is 0 Å². The van der Waals surface area contributed by atoms with Gasteiger partial charge in [0.25, 0.3) is 0 Å². The van der Waals surface area contributed by atoms with Gasteiger partial charge < -0.3 is 82.7 Å². The Morgan fingerprint density at radius 1 is 0.603 bits per heavy atom. The summed E-state index contributed by atoms with van der Waals surface area (Å²) in [5.74, 6) is -6.88. The highest BCUT2D eigenvalue weighted by Gasteiger charge is 2.47. The van der Waals surface area contributed by atoms with E-state index in [1.807, 2.05) is 0 Å². The number of nitrogens with zero attached hydrogens (tertiary/aromatic N) is 3. The summed E-state index contributed by atoms with van der Waals surface area (Å²) < 4.78 is 22.3. The van der Waals surface area contributed by atoms with Crippen LogP contribution in [0.2, 0.25) is 0 Å². The predicted molar refractivity (Wildman–Crippen MR) is 272 cm³/mol. The standard InChI is InChI=1S/C50H88N8O15/c1-32-34(56-49(51)52)28-38(47(66)67)70-43(32)44(36(62)30-59)72-40(64)24-20-16-12-8-4-6-10-14-18-22-26-58(3)27-23-19-15-11-7-5-9-13-17-21-25-41(65)73-45(37(63)31-60)46-42(55-33(2)61)35(57-50(53)54)29-39(71-46)48(68)69/h28-29,32,34-37,42-46,59-60,62-63H,4-27,30-31H2,1-3H3,(H,55,61)(H,66,67)(H,68,69)(H4,51,52,56)(H4,53,54,57)/t32-,34+,35+,36-,37-,42-,43-,44-,45-,46-/m1/s1. The summed E-state index contributed by atoms with van der Waals surface area (Å²) in [5.41, 5.74) is 22.1. The van der Waals surface area contributed by atoms with E-state index in [2.05, 4.69) is 27.2 Å². The average Bonchev–Trinajstić information content (AvgIpc) is 3.33. The summed E-state index contributed by atoms with van der Waals surface area (Å²) in [6, 6.07) is -3.06. The highest BCUT2D eigenvalue weighted by molar-refractivity contribution is 5.86. The third-order valence-electron chi connectivity index (χ3n) is 13.0. The predicted octanol–water partition coefficient (Wildman–Crippen LogP) is 2.19. The van der Waals surface area contributed by atoms with Crippen molar-refractivity contribution in [3.8, 4) is 0 Å². The molecule has 23 heteroatoms. The quantitative estimate of drug-likeness (QED) is 0.0182. The zero-order valence-corrected chi connectivity index (χ0v) is 43.3. The van der Waals surface area contributed by atoms with E-state index in [1.165, 1.54) is 70.8 Å². The maximum absolute atomic E-state index is 12.9. The lowest BCUT2D eigenvalue weighted by atomic mass is 9.87. The second-order valence-electron chi connectivity index (χ2n) is 19.3. The summed E-state index contributed by atoms with van der Waals surface area (Å²) in [7, 11) is 2.19. The first kappa shape index (κ1) is 63.9. The molecule has 0 aromatic carbocycles. The number of carboxylic acid groups (broad SMARTS) is 2. The van der Waals surface area contributed by atoms with Gasteiger partial charge in [0.1, 0.15) is 18.3 Å². The maximum atomic E-state index is 12.9. The monoisotopic (exact) mass is 1040 g/mol. The van der Waals surface area contributed by atoms with E-state index in [4.69, 9.17) is 41.9 Å². The summed E-state index contributed by atoms with van der Waals surface area (Å²) in [6.45, 7) is 3.51. The lowest BCUT2D eigenvalue weighted by Crippen LogP contribution is -2.60. The first-order valence-corrected chi connectivity index (χ1v) is 26.1. The highest BCUT2D eigenvalue weighted by atomic mass is 16.6. The van der Waals surface area contributed by atoms with E-state index in [1.54, 1.807) is 6.92 Å². The van der Waals surface area contributed by atoms with Gasteiger partial charge in [0.2, 0.25) is 17.4 Å². The van der Waals surface area contributed by atoms with E-state index < -0.39 is 121 Å². The molecule has 2 aliphatic rings. The fourth-order valence-corrected chi connectivity index (χ4v) is 9.01. The molecular weight excluding hydrogens is 953 g/mol. The van der Waals surface area contributed by atoms with E-state index in [9.17, 15) is 54.6 Å². The van der Waals surface area contributed by atoms with E-state index in [0.29, 0.717) is 12.8 Å². The first-order valence-electron chi connectivity index (χ1n) is 26.1. The second-order valence-corrected chi connectivity index (χ2v) is 19.3. The van der Waals surface area contributed by atoms with E-state index >= 15 is 0 Å². The number of amides is 1. The van der Waals surface area contributed by atoms with Crippen LogP contribution in [0.1, 0.15) is 155 Å². The van der Waals surface area contributed by atoms with E-state index in [-0.39, 0.29) is 18.8 Å². The number of aliphatic imine (C=N–C) groups is 2. The zero-order chi connectivity index (χ0) is 54.3. The zero-order valence-electron chi connectivity index (χ0n) is 43.3. The molecule has 0 aromatic heterocycles. The van der Waals surface area contributed by atoms with Crippen LogP contribution in [0.25, 0.3) is 0 Å². The summed E-state index contributed by atoms with van der Waals surface area (Å²) >= 11 is 0. The minimum absolute atomic E-state index is 0.0311. The molecule has 0 aromatic rings. The number of ether oxygens (including phenoxy) is 4. The Balaban J connectivity index is 1.50. The molecule has 23 nitrogen and oxygen atoms in total. The molecule has 418 valence electrons. The lowest BCUT2D eigenvalue weighted by Gasteiger charge is -2.39. The molecule has 0 spiro atoms. The Morgan fingerprint density at radius 3 is 1.32 bits per heavy atom. The number of hydrogen-bond acceptors (Lipinski definition) is 16. The number of nitrogens with one attached hydrogen (secondary N) is 1. The molecule has 2 heterocycles. The molecule has 0 radical (unpaired) electrons. The van der Waals surface area contributed by atoms with Gasteiger partial charge in [-0.05, 0) is 58.0 Å². The van der Waals surface area contributed by atoms with Crippen molar-refractivity contribution in [2.24, 2.45) is 38.8 Å². The summed E-state index contributed by atoms with van der Waals surface area (Å²) in [4.78, 5) is 71.6. The number of rotatable bonds is 39. The third-order valence-corrected chi connectivity index (χ3v) is 13.0. The van der Waals surface area contributed by atoms with Crippen molar-refractivity contribution in [2.75, 3.05) is 33.4 Å². The molecule has 0 aliphatic carbocycles. The molecule has 0 saturated carbocycles. The topological polar surface area (TPSA) is 388 Å². The highest BCUT2D eigenvalue weighted by Crippen LogP contribution is 2.31. The second kappa shape index (κ2) is 35.8. The van der Waals surface area contributed by atoms with Crippen LogP contribution >= 0.6 is 0 Å². The Bertz CT molecular complexity index is 1790. The molecule has 0 saturated heterocycles. The number of carboxylic acids is 2. The van der Waals surface area contributed by atoms with Crippen molar-refractivity contribution in [2.45, 2.75) is 210 Å². The molecule has 15 N–H and O–H groups in total. The number of unbranched alkanes of at least 4 members (excludes halogenated alkanes) is 18. The van der Waals surface area contributed by atoms with Crippen LogP contribution in [-0.4, -0.2) is 165 Å². The minimum Gasteiger partial charge on any atom is -0.479 e. The molecule has 10 atom stereocenters. The van der Waals surface area contributed by atoms with Gasteiger partial charge in [0.15, 0.2) is 30.2 Å². The smallest absolute Gasteiger partial charge is 0.370 e. The molecule has 73 heavy (non-hydrogen) atoms. The van der Waals surface area contributed by atoms with Gasteiger partial charge >= 0.3 is 23.9 Å². The van der Waals surface area contributed by atoms with Crippen LogP contribution in [0.5, 0.6) is 0 Å². The number of carbonyl (C=O) groups excluding carboxylic acids is 3. The van der Waals surface area contributed by atoms with Crippen molar-refractivity contribution >= 4 is 41.7 Å². The van der Waals surface area contributed by atoms with Gasteiger partial charge in [-0.3, -0.25) is 14.4 Å². The maximum Gasteiger partial charge on any atom is 0.370 e. The Labute approximate surface area is 430 Å². The number of hydrogen-bond donors (Lipinski definition) is 11. The first-order chi connectivity index (χ1) is 34.8. The average molecular weight is 1040 g/mol. The largest absolute Gasteiger partial charge is 0.479 e. The van der Waals surface area contributed by atoms with Gasteiger partial charge in [-0.25, -0.2) is 19.6 Å². The van der Waals surface area contributed by atoms with Crippen LogP contribution in [-0.2, 0) is 42.9 Å². The fraction of sp³-hybridized carbons (Fsp3) is 0.780. The number of nitrogens with two attached hydrogens (primary N) is 4. The number of aliphatic hydroxyl groups excluding tert-OH is 4. The number of aliphatic hydroxyl groups is 4. The normalized spacial score (nSPS) is 21.2. The van der Waals surface area contributed by atoms with Crippen molar-refractivity contribution in [1.82, 2.24) is 10.2 Å². The van der Waals surface area contributed by atoms with Crippen LogP contribution < -0.4 is 28.3 Å². The van der Waals surface area contributed by atoms with Crippen molar-refractivity contribution in [1.29, 1.82) is 0 Å². The van der Waals surface area contributed by atoms with Gasteiger partial charge in [-0.15, -0.1) is 0 Å². The molecule has 0 bridgehead atoms. The van der Waals surface area contributed by atoms with Gasteiger partial charge in [-0.2, -0.15) is 0 Å². The SMILES string of the molecule is CC(=O)N[C@H]1[C@H]([C@H](OC(=O)CCCCCCCCCCCCN(C)CCCCCCCCCCCCC(=O)O[C@@H]([C@@H]2OC(C(=O)O)=C[C@H](N=C(N)N)[C@H]2C)[C@H](O)CO)[C@H](O)CO)OC(C(=O)O)=C[C@@H]1N=C(N)N. The van der Waals surface area contributed by atoms with Crippen LogP contribution in [0.3, 0.4) is 0 Å². The van der Waals surface area contributed by atoms with E-state index in [0.717, 1.165) is 77.0 Å². The van der Waals surface area contributed by atoms with Crippen LogP contribution in [0.15, 0.2) is 33.7 Å². The Kier molecular flexibility index (Phi) is 31.4. The fourth-order valence-electron chi connectivity index (χ4n) is 9.01. The molecule has 1 amide bonds. The van der Waals surface area contributed by atoms with Crippen molar-refractivity contribution in [3.63, 3.8) is 0 Å². The Hall–Kier alpha value is -5.23. The lowest BCUT2D eigenvalue weighted by molar-refractivity contribution is -0.176. The van der Waals surface area contributed by atoms with Gasteiger partial charge in [0.05, 0.1) is 31.3 Å². The Morgan fingerprint density at radius 2 is 0.945 bits per heavy atom. The summed E-state index contributed by atoms with van der Waals surface area (Å²) in [5, 5.41) is 62.2. The molecule has 2 aliphatic heterocycles. The number of carbonyl (C=O) groups is 5.